The van der Waals surface area contributed by atoms with Gasteiger partial charge in [-0.15, -0.1) is 0 Å². The summed E-state index contributed by atoms with van der Waals surface area (Å²) in [5.41, 5.74) is 0. The van der Waals surface area contributed by atoms with Crippen LogP contribution in [0.2, 0.25) is 0 Å². The number of β-amino-alcohol motifs (C(OH)–C–C–N with tert-alkyl or cyclic N) is 1. The van der Waals surface area contributed by atoms with E-state index >= 15 is 0 Å². The van der Waals surface area contributed by atoms with Gasteiger partial charge >= 0.3 is 0 Å². The molecule has 0 spiro atoms. The molecule has 1 saturated heterocycles. The van der Waals surface area contributed by atoms with Crippen LogP contribution >= 0.6 is 0 Å². The fourth-order valence-electron chi connectivity index (χ4n) is 1.39. The summed E-state index contributed by atoms with van der Waals surface area (Å²) in [4.78, 5) is 0. The molecule has 0 aliphatic carbocycles. The van der Waals surface area contributed by atoms with Gasteiger partial charge in [-0.1, -0.05) is 0 Å². The van der Waals surface area contributed by atoms with Gasteiger partial charge in [0.15, 0.2) is 0 Å². The van der Waals surface area contributed by atoms with E-state index in [9.17, 15) is 10.2 Å². The molecule has 12 heavy (non-hydrogen) atoms. The zero-order chi connectivity index (χ0) is 9.14. The maximum atomic E-state index is 9.36. The first kappa shape index (κ1) is 9.88. The highest BCUT2D eigenvalue weighted by atomic mass is 16.4. The molecule has 72 valence electrons. The molecule has 0 bridgehead atoms. The summed E-state index contributed by atoms with van der Waals surface area (Å²) in [6, 6.07) is -0.326. The molecular formula is C7H15NO4. The van der Waals surface area contributed by atoms with Crippen molar-refractivity contribution in [3.8, 4) is 0 Å². The molecule has 5 N–H and O–H groups in total. The average molecular weight is 177 g/mol. The van der Waals surface area contributed by atoms with Crippen molar-refractivity contribution >= 4 is 0 Å². The van der Waals surface area contributed by atoms with Gasteiger partial charge in [0.2, 0.25) is 0 Å². The molecule has 4 atom stereocenters. The number of hydrogen-bond acceptors (Lipinski definition) is 5. The second-order valence-electron chi connectivity index (χ2n) is 3.08. The van der Waals surface area contributed by atoms with E-state index in [0.29, 0.717) is 6.42 Å². The first-order chi connectivity index (χ1) is 5.66. The molecule has 1 rings (SSSR count). The van der Waals surface area contributed by atoms with E-state index in [1.165, 1.54) is 0 Å². The third kappa shape index (κ3) is 1.94. The Hall–Kier alpha value is -0.200. The molecule has 5 nitrogen and oxygen atoms in total. The zero-order valence-electron chi connectivity index (χ0n) is 6.72. The Morgan fingerprint density at radius 3 is 2.42 bits per heavy atom. The van der Waals surface area contributed by atoms with Gasteiger partial charge in [-0.3, -0.25) is 0 Å². The van der Waals surface area contributed by atoms with Crippen LogP contribution in [0.5, 0.6) is 0 Å². The third-order valence-electron chi connectivity index (χ3n) is 2.19. The maximum absolute atomic E-state index is 9.36. The first-order valence-corrected chi connectivity index (χ1v) is 4.05. The molecule has 1 aliphatic rings. The number of aliphatic hydroxyl groups is 4. The van der Waals surface area contributed by atoms with Crippen LogP contribution in [-0.4, -0.2) is 57.9 Å². The molecule has 0 unspecified atom stereocenters. The minimum atomic E-state index is -1.11. The minimum absolute atomic E-state index is 0.0441. The summed E-state index contributed by atoms with van der Waals surface area (Å²) in [6.07, 6.45) is -2.65. The van der Waals surface area contributed by atoms with E-state index in [4.69, 9.17) is 10.2 Å². The highest BCUT2D eigenvalue weighted by Crippen LogP contribution is 2.12. The van der Waals surface area contributed by atoms with Crippen molar-refractivity contribution in [2.45, 2.75) is 30.8 Å². The Balaban J connectivity index is 2.46. The van der Waals surface area contributed by atoms with E-state index in [1.54, 1.807) is 0 Å². The predicted octanol–water partition coefficient (Wildman–Crippen LogP) is -2.58. The highest BCUT2D eigenvalue weighted by molar-refractivity contribution is 4.91. The lowest BCUT2D eigenvalue weighted by molar-refractivity contribution is -0.0965. The Labute approximate surface area is 70.6 Å². The van der Waals surface area contributed by atoms with E-state index in [1.807, 2.05) is 0 Å². The second-order valence-corrected chi connectivity index (χ2v) is 3.08. The van der Waals surface area contributed by atoms with Gasteiger partial charge in [-0.25, -0.2) is 0 Å². The van der Waals surface area contributed by atoms with E-state index in [-0.39, 0.29) is 19.2 Å². The molecule has 0 amide bonds. The van der Waals surface area contributed by atoms with E-state index in [0.717, 1.165) is 0 Å². The monoisotopic (exact) mass is 177 g/mol. The summed E-state index contributed by atoms with van der Waals surface area (Å²) in [5.74, 6) is 0. The van der Waals surface area contributed by atoms with Crippen molar-refractivity contribution in [1.29, 1.82) is 0 Å². The summed E-state index contributed by atoms with van der Waals surface area (Å²) >= 11 is 0. The standard InChI is InChI=1S/C7H15NO4/c9-2-1-4-6(11)7(12)5(10)3-8-4/h4-12H,1-3H2/t4-,5+,6+,7-/m1/s1. The Morgan fingerprint density at radius 1 is 1.17 bits per heavy atom. The molecule has 0 aromatic rings. The van der Waals surface area contributed by atoms with Crippen molar-refractivity contribution < 1.29 is 20.4 Å². The third-order valence-corrected chi connectivity index (χ3v) is 2.19. The normalized spacial score (nSPS) is 43.0. The number of nitrogens with one attached hydrogen (secondary N) is 1. The van der Waals surface area contributed by atoms with Crippen LogP contribution in [0.1, 0.15) is 6.42 Å². The topological polar surface area (TPSA) is 93.0 Å². The van der Waals surface area contributed by atoms with Crippen LogP contribution in [0.15, 0.2) is 0 Å². The van der Waals surface area contributed by atoms with Crippen LogP contribution in [0.25, 0.3) is 0 Å². The minimum Gasteiger partial charge on any atom is -0.396 e. The van der Waals surface area contributed by atoms with Gasteiger partial charge in [0.25, 0.3) is 0 Å². The summed E-state index contributed by atoms with van der Waals surface area (Å²) in [5, 5.41) is 39.1. The molecule has 0 aromatic carbocycles. The van der Waals surface area contributed by atoms with Crippen molar-refractivity contribution in [2.75, 3.05) is 13.2 Å². The molecule has 0 radical (unpaired) electrons. The second kappa shape index (κ2) is 4.15. The largest absolute Gasteiger partial charge is 0.396 e. The van der Waals surface area contributed by atoms with E-state index < -0.39 is 18.3 Å². The number of aliphatic hydroxyl groups excluding tert-OH is 4. The summed E-state index contributed by atoms with van der Waals surface area (Å²) < 4.78 is 0. The van der Waals surface area contributed by atoms with Gasteiger partial charge in [-0.2, -0.15) is 0 Å². The van der Waals surface area contributed by atoms with Gasteiger partial charge < -0.3 is 25.7 Å². The van der Waals surface area contributed by atoms with Crippen molar-refractivity contribution in [3.63, 3.8) is 0 Å². The smallest absolute Gasteiger partial charge is 0.108 e. The van der Waals surface area contributed by atoms with Gasteiger partial charge in [0, 0.05) is 19.2 Å². The van der Waals surface area contributed by atoms with Crippen LogP contribution < -0.4 is 5.32 Å². The lowest BCUT2D eigenvalue weighted by atomic mass is 9.94. The Morgan fingerprint density at radius 2 is 1.83 bits per heavy atom. The van der Waals surface area contributed by atoms with Crippen LogP contribution in [0.4, 0.5) is 0 Å². The number of rotatable bonds is 2. The Bertz CT molecular complexity index is 143. The Kier molecular flexibility index (Phi) is 3.42. The molecule has 0 aromatic heterocycles. The number of piperidine rings is 1. The van der Waals surface area contributed by atoms with Crippen molar-refractivity contribution in [2.24, 2.45) is 0 Å². The van der Waals surface area contributed by atoms with Crippen LogP contribution in [0, 0.1) is 0 Å². The summed E-state index contributed by atoms with van der Waals surface area (Å²) in [7, 11) is 0. The number of hydrogen-bond donors (Lipinski definition) is 5. The van der Waals surface area contributed by atoms with E-state index in [2.05, 4.69) is 5.32 Å². The van der Waals surface area contributed by atoms with Crippen LogP contribution in [-0.2, 0) is 0 Å². The van der Waals surface area contributed by atoms with Crippen molar-refractivity contribution in [3.05, 3.63) is 0 Å². The summed E-state index contributed by atoms with van der Waals surface area (Å²) in [6.45, 7) is 0.209. The predicted molar refractivity (Wildman–Crippen MR) is 41.5 cm³/mol. The molecule has 1 heterocycles. The van der Waals surface area contributed by atoms with Gasteiger partial charge in [-0.05, 0) is 6.42 Å². The molecule has 5 heteroatoms. The zero-order valence-corrected chi connectivity index (χ0v) is 6.72. The fourth-order valence-corrected chi connectivity index (χ4v) is 1.39. The molecule has 1 aliphatic heterocycles. The lowest BCUT2D eigenvalue weighted by Crippen LogP contribution is -2.59. The first-order valence-electron chi connectivity index (χ1n) is 4.05. The fraction of sp³-hybridized carbons (Fsp3) is 1.00. The maximum Gasteiger partial charge on any atom is 0.108 e. The average Bonchev–Trinajstić information content (AvgIpc) is 2.07. The SMILES string of the molecule is OCC[C@H]1NC[C@H](O)[C@@H](O)[C@H]1O. The van der Waals surface area contributed by atoms with Crippen LogP contribution in [0.3, 0.4) is 0 Å². The quantitative estimate of drug-likeness (QED) is 0.319. The lowest BCUT2D eigenvalue weighted by Gasteiger charge is -2.35. The van der Waals surface area contributed by atoms with Crippen molar-refractivity contribution in [1.82, 2.24) is 5.32 Å². The molecule has 1 fully saturated rings. The molecular weight excluding hydrogens is 162 g/mol. The van der Waals surface area contributed by atoms with Gasteiger partial charge in [0.05, 0.1) is 12.2 Å². The van der Waals surface area contributed by atoms with Gasteiger partial charge in [0.1, 0.15) is 6.10 Å². The molecule has 0 saturated carbocycles. The highest BCUT2D eigenvalue weighted by Gasteiger charge is 2.35.